The van der Waals surface area contributed by atoms with E-state index in [9.17, 15) is 9.59 Å². The third kappa shape index (κ3) is 2.82. The Labute approximate surface area is 111 Å². The Morgan fingerprint density at radius 3 is 2.84 bits per heavy atom. The van der Waals surface area contributed by atoms with Gasteiger partial charge < -0.3 is 15.6 Å². The lowest BCUT2D eigenvalue weighted by atomic mass is 10.1. The Balaban J connectivity index is 2.44. The Hall–Kier alpha value is -2.14. The molecule has 0 saturated heterocycles. The Bertz CT molecular complexity index is 648. The molecule has 2 rings (SSSR count). The topological polar surface area (TPSA) is 79.2 Å². The summed E-state index contributed by atoms with van der Waals surface area (Å²) >= 11 is 0. The molecule has 0 aliphatic heterocycles. The van der Waals surface area contributed by atoms with E-state index in [1.807, 2.05) is 18.2 Å². The van der Waals surface area contributed by atoms with E-state index in [2.05, 4.69) is 4.98 Å². The summed E-state index contributed by atoms with van der Waals surface area (Å²) in [7, 11) is 1.72. The summed E-state index contributed by atoms with van der Waals surface area (Å²) in [6, 6.07) is 8.63. The second-order valence-corrected chi connectivity index (χ2v) is 4.46. The van der Waals surface area contributed by atoms with Crippen LogP contribution in [-0.4, -0.2) is 35.9 Å². The maximum Gasteiger partial charge on any atom is 0.254 e. The summed E-state index contributed by atoms with van der Waals surface area (Å²) < 4.78 is 0. The molecule has 0 bridgehead atoms. The molecule has 2 aromatic rings. The molecule has 0 aliphatic carbocycles. The zero-order valence-corrected chi connectivity index (χ0v) is 10.8. The highest BCUT2D eigenvalue weighted by Crippen LogP contribution is 2.16. The second-order valence-electron chi connectivity index (χ2n) is 4.46. The quantitative estimate of drug-likeness (QED) is 0.858. The van der Waals surface area contributed by atoms with E-state index in [1.54, 1.807) is 18.0 Å². The van der Waals surface area contributed by atoms with Crippen LogP contribution in [0.1, 0.15) is 16.8 Å². The minimum atomic E-state index is -0.269. The molecule has 3 N–H and O–H groups in total. The van der Waals surface area contributed by atoms with Crippen LogP contribution < -0.4 is 11.3 Å². The van der Waals surface area contributed by atoms with E-state index in [0.29, 0.717) is 24.2 Å². The van der Waals surface area contributed by atoms with Gasteiger partial charge >= 0.3 is 0 Å². The Kier molecular flexibility index (Phi) is 3.97. The molecule has 1 aromatic carbocycles. The van der Waals surface area contributed by atoms with Gasteiger partial charge in [-0.1, -0.05) is 18.2 Å². The van der Waals surface area contributed by atoms with Crippen molar-refractivity contribution in [2.45, 2.75) is 6.42 Å². The van der Waals surface area contributed by atoms with Gasteiger partial charge in [-0.15, -0.1) is 0 Å². The number of carbonyl (C=O) groups excluding carboxylic acids is 1. The summed E-state index contributed by atoms with van der Waals surface area (Å²) in [5, 5.41) is 0.756. The number of pyridine rings is 1. The van der Waals surface area contributed by atoms with Crippen LogP contribution in [0.25, 0.3) is 10.9 Å². The van der Waals surface area contributed by atoms with Crippen molar-refractivity contribution in [1.29, 1.82) is 0 Å². The molecule has 0 radical (unpaired) electrons. The fourth-order valence-corrected chi connectivity index (χ4v) is 2.02. The number of rotatable bonds is 4. The van der Waals surface area contributed by atoms with Gasteiger partial charge in [0.15, 0.2) is 0 Å². The molecule has 0 aliphatic rings. The van der Waals surface area contributed by atoms with E-state index < -0.39 is 0 Å². The molecule has 1 aromatic heterocycles. The number of hydrogen-bond donors (Lipinski definition) is 2. The number of hydrogen-bond acceptors (Lipinski definition) is 3. The lowest BCUT2D eigenvalue weighted by Crippen LogP contribution is -2.30. The number of H-pyrrole nitrogens is 1. The van der Waals surface area contributed by atoms with Crippen molar-refractivity contribution in [2.75, 3.05) is 20.1 Å². The van der Waals surface area contributed by atoms with Gasteiger partial charge in [-0.3, -0.25) is 9.59 Å². The average molecular weight is 259 g/mol. The van der Waals surface area contributed by atoms with E-state index in [-0.39, 0.29) is 11.5 Å². The van der Waals surface area contributed by atoms with Gasteiger partial charge in [-0.25, -0.2) is 0 Å². The van der Waals surface area contributed by atoms with Gasteiger partial charge in [0.05, 0.1) is 5.56 Å². The first-order valence-corrected chi connectivity index (χ1v) is 6.21. The molecule has 0 unspecified atom stereocenters. The minimum absolute atomic E-state index is 0.157. The Morgan fingerprint density at radius 1 is 1.37 bits per heavy atom. The standard InChI is InChI=1S/C14H17N3O2/c1-17(8-4-7-15)14(19)11-9-13(18)16-12-6-3-2-5-10(11)12/h2-3,5-6,9H,4,7-8,15H2,1H3,(H,16,18). The summed E-state index contributed by atoms with van der Waals surface area (Å²) in [6.45, 7) is 1.12. The van der Waals surface area contributed by atoms with Crippen molar-refractivity contribution >= 4 is 16.8 Å². The molecule has 5 heteroatoms. The van der Waals surface area contributed by atoms with Crippen LogP contribution in [0.5, 0.6) is 0 Å². The number of carbonyl (C=O) groups is 1. The van der Waals surface area contributed by atoms with Crippen LogP contribution in [0.3, 0.4) is 0 Å². The van der Waals surface area contributed by atoms with Gasteiger partial charge in [0.2, 0.25) is 5.56 Å². The predicted octanol–water partition coefficient (Wildman–Crippen LogP) is 0.949. The SMILES string of the molecule is CN(CCCN)C(=O)c1cc(=O)[nH]c2ccccc12. The third-order valence-electron chi connectivity index (χ3n) is 3.03. The largest absolute Gasteiger partial charge is 0.342 e. The van der Waals surface area contributed by atoms with Crippen molar-refractivity contribution < 1.29 is 4.79 Å². The van der Waals surface area contributed by atoms with E-state index >= 15 is 0 Å². The number of aromatic amines is 1. The molecule has 1 heterocycles. The van der Waals surface area contributed by atoms with E-state index in [4.69, 9.17) is 5.73 Å². The number of nitrogens with one attached hydrogen (secondary N) is 1. The van der Waals surface area contributed by atoms with Crippen LogP contribution >= 0.6 is 0 Å². The van der Waals surface area contributed by atoms with Gasteiger partial charge in [0, 0.05) is 30.6 Å². The van der Waals surface area contributed by atoms with Gasteiger partial charge in [0.1, 0.15) is 0 Å². The number of benzene rings is 1. The van der Waals surface area contributed by atoms with Crippen LogP contribution in [0, 0.1) is 0 Å². The number of nitrogens with two attached hydrogens (primary N) is 1. The number of para-hydroxylation sites is 1. The molecular weight excluding hydrogens is 242 g/mol. The minimum Gasteiger partial charge on any atom is -0.342 e. The molecule has 5 nitrogen and oxygen atoms in total. The predicted molar refractivity (Wildman–Crippen MR) is 75.2 cm³/mol. The molecule has 19 heavy (non-hydrogen) atoms. The summed E-state index contributed by atoms with van der Waals surface area (Å²) in [6.07, 6.45) is 0.739. The van der Waals surface area contributed by atoms with Crippen LogP contribution in [-0.2, 0) is 0 Å². The fraction of sp³-hybridized carbons (Fsp3) is 0.286. The number of fused-ring (bicyclic) bond motifs is 1. The van der Waals surface area contributed by atoms with Gasteiger partial charge in [-0.2, -0.15) is 0 Å². The summed E-state index contributed by atoms with van der Waals surface area (Å²) in [5.41, 5.74) is 6.27. The molecule has 100 valence electrons. The van der Waals surface area contributed by atoms with Crippen LogP contribution in [0.15, 0.2) is 35.1 Å². The van der Waals surface area contributed by atoms with Crippen molar-refractivity contribution in [1.82, 2.24) is 9.88 Å². The summed E-state index contributed by atoms with van der Waals surface area (Å²) in [4.78, 5) is 28.3. The van der Waals surface area contributed by atoms with Gasteiger partial charge in [-0.05, 0) is 19.0 Å². The highest BCUT2D eigenvalue weighted by atomic mass is 16.2. The molecule has 0 spiro atoms. The molecule has 0 atom stereocenters. The van der Waals surface area contributed by atoms with Crippen molar-refractivity contribution in [3.05, 3.63) is 46.2 Å². The van der Waals surface area contributed by atoms with E-state index in [1.165, 1.54) is 6.07 Å². The van der Waals surface area contributed by atoms with Crippen molar-refractivity contribution in [3.63, 3.8) is 0 Å². The third-order valence-corrected chi connectivity index (χ3v) is 3.03. The number of aromatic nitrogens is 1. The zero-order valence-electron chi connectivity index (χ0n) is 10.8. The second kappa shape index (κ2) is 5.67. The number of nitrogens with zero attached hydrogens (tertiary/aromatic N) is 1. The first-order valence-electron chi connectivity index (χ1n) is 6.21. The summed E-state index contributed by atoms with van der Waals surface area (Å²) in [5.74, 6) is -0.157. The van der Waals surface area contributed by atoms with Crippen molar-refractivity contribution in [2.24, 2.45) is 5.73 Å². The average Bonchev–Trinajstić information content (AvgIpc) is 2.42. The first-order chi connectivity index (χ1) is 9.13. The normalized spacial score (nSPS) is 10.6. The van der Waals surface area contributed by atoms with E-state index in [0.717, 1.165) is 11.8 Å². The highest BCUT2D eigenvalue weighted by molar-refractivity contribution is 6.05. The molecule has 0 saturated carbocycles. The highest BCUT2D eigenvalue weighted by Gasteiger charge is 2.15. The fourth-order valence-electron chi connectivity index (χ4n) is 2.02. The van der Waals surface area contributed by atoms with Crippen LogP contribution in [0.2, 0.25) is 0 Å². The number of amides is 1. The maximum atomic E-state index is 12.3. The first kappa shape index (κ1) is 13.3. The molecule has 1 amide bonds. The maximum absolute atomic E-state index is 12.3. The monoisotopic (exact) mass is 259 g/mol. The zero-order chi connectivity index (χ0) is 13.8. The lowest BCUT2D eigenvalue weighted by Gasteiger charge is -2.17. The smallest absolute Gasteiger partial charge is 0.254 e. The molecular formula is C14H17N3O2. The van der Waals surface area contributed by atoms with Crippen LogP contribution in [0.4, 0.5) is 0 Å². The Morgan fingerprint density at radius 2 is 2.11 bits per heavy atom. The van der Waals surface area contributed by atoms with Crippen molar-refractivity contribution in [3.8, 4) is 0 Å². The molecule has 0 fully saturated rings. The lowest BCUT2D eigenvalue weighted by molar-refractivity contribution is 0.0796. The van der Waals surface area contributed by atoms with Gasteiger partial charge in [0.25, 0.3) is 5.91 Å².